The van der Waals surface area contributed by atoms with E-state index >= 15 is 0 Å². The molecule has 0 aliphatic rings. The largest absolute Gasteiger partial charge is 0.391 e. The van der Waals surface area contributed by atoms with E-state index in [1.54, 1.807) is 12.1 Å². The molecule has 0 saturated heterocycles. The molecule has 1 atom stereocenters. The Hall–Kier alpha value is -1.10. The SMILES string of the molecule is CC(C)(C)CC(O)CNC(=O)c1ccc(CN)cc1.Cl. The van der Waals surface area contributed by atoms with E-state index in [2.05, 4.69) is 26.1 Å². The molecule has 0 aliphatic heterocycles. The van der Waals surface area contributed by atoms with Gasteiger partial charge in [0.15, 0.2) is 0 Å². The number of hydrogen-bond donors (Lipinski definition) is 3. The Balaban J connectivity index is 0.00000361. The second-order valence-electron chi connectivity index (χ2n) is 6.03. The van der Waals surface area contributed by atoms with Crippen molar-refractivity contribution in [3.63, 3.8) is 0 Å². The molecule has 0 fully saturated rings. The van der Waals surface area contributed by atoms with Gasteiger partial charge in [0.25, 0.3) is 5.91 Å². The summed E-state index contributed by atoms with van der Waals surface area (Å²) in [5.74, 6) is -0.170. The van der Waals surface area contributed by atoms with Crippen LogP contribution in [0.3, 0.4) is 0 Å². The maximum absolute atomic E-state index is 11.9. The fourth-order valence-corrected chi connectivity index (χ4v) is 1.88. The summed E-state index contributed by atoms with van der Waals surface area (Å²) in [6, 6.07) is 7.16. The van der Waals surface area contributed by atoms with Gasteiger partial charge in [0.2, 0.25) is 0 Å². The lowest BCUT2D eigenvalue weighted by Gasteiger charge is -2.22. The average Bonchev–Trinajstić information content (AvgIpc) is 2.34. The first kappa shape index (κ1) is 18.9. The van der Waals surface area contributed by atoms with Crippen LogP contribution in [0.5, 0.6) is 0 Å². The van der Waals surface area contributed by atoms with Gasteiger partial charge >= 0.3 is 0 Å². The molecule has 0 radical (unpaired) electrons. The Bertz CT molecular complexity index is 413. The normalized spacial score (nSPS) is 12.4. The van der Waals surface area contributed by atoms with Gasteiger partial charge in [-0.1, -0.05) is 32.9 Å². The Morgan fingerprint density at radius 3 is 2.30 bits per heavy atom. The average molecular weight is 301 g/mol. The smallest absolute Gasteiger partial charge is 0.251 e. The van der Waals surface area contributed by atoms with Gasteiger partial charge in [0.05, 0.1) is 6.10 Å². The molecule has 1 unspecified atom stereocenters. The number of halogens is 1. The molecule has 4 N–H and O–H groups in total. The fraction of sp³-hybridized carbons (Fsp3) is 0.533. The molecule has 1 aromatic rings. The van der Waals surface area contributed by atoms with E-state index in [1.165, 1.54) is 0 Å². The van der Waals surface area contributed by atoms with Gasteiger partial charge < -0.3 is 16.2 Å². The van der Waals surface area contributed by atoms with Gasteiger partial charge in [-0.3, -0.25) is 4.79 Å². The minimum absolute atomic E-state index is 0. The summed E-state index contributed by atoms with van der Waals surface area (Å²) in [6.45, 7) is 6.91. The van der Waals surface area contributed by atoms with Crippen LogP contribution in [-0.2, 0) is 6.54 Å². The number of carbonyl (C=O) groups excluding carboxylic acids is 1. The van der Waals surface area contributed by atoms with E-state index in [0.717, 1.165) is 5.56 Å². The summed E-state index contributed by atoms with van der Waals surface area (Å²) in [5.41, 5.74) is 7.12. The first-order valence-electron chi connectivity index (χ1n) is 6.57. The van der Waals surface area contributed by atoms with Gasteiger partial charge in [0, 0.05) is 18.7 Å². The van der Waals surface area contributed by atoms with Crippen LogP contribution in [-0.4, -0.2) is 23.7 Å². The lowest BCUT2D eigenvalue weighted by molar-refractivity contribution is 0.0868. The first-order valence-corrected chi connectivity index (χ1v) is 6.57. The molecule has 0 saturated carbocycles. The minimum atomic E-state index is -0.521. The van der Waals surface area contributed by atoms with Crippen LogP contribution in [0.2, 0.25) is 0 Å². The second kappa shape index (κ2) is 8.25. The third kappa shape index (κ3) is 6.89. The molecule has 4 nitrogen and oxygen atoms in total. The quantitative estimate of drug-likeness (QED) is 0.779. The summed E-state index contributed by atoms with van der Waals surface area (Å²) >= 11 is 0. The van der Waals surface area contributed by atoms with Gasteiger partial charge in [-0.05, 0) is 29.5 Å². The summed E-state index contributed by atoms with van der Waals surface area (Å²) < 4.78 is 0. The van der Waals surface area contributed by atoms with Crippen molar-refractivity contribution in [3.05, 3.63) is 35.4 Å². The van der Waals surface area contributed by atoms with Crippen molar-refractivity contribution in [1.82, 2.24) is 5.32 Å². The molecule has 114 valence electrons. The molecule has 0 aromatic heterocycles. The molecule has 20 heavy (non-hydrogen) atoms. The van der Waals surface area contributed by atoms with Crippen LogP contribution in [0.1, 0.15) is 43.1 Å². The highest BCUT2D eigenvalue weighted by Gasteiger charge is 2.17. The van der Waals surface area contributed by atoms with Gasteiger partial charge in [-0.15, -0.1) is 12.4 Å². The van der Waals surface area contributed by atoms with Crippen molar-refractivity contribution in [2.45, 2.75) is 39.8 Å². The van der Waals surface area contributed by atoms with Crippen LogP contribution in [0.15, 0.2) is 24.3 Å². The molecule has 1 amide bonds. The maximum atomic E-state index is 11.9. The van der Waals surface area contributed by atoms with Crippen molar-refractivity contribution < 1.29 is 9.90 Å². The molecule has 0 spiro atoms. The number of nitrogens with two attached hydrogens (primary N) is 1. The number of carbonyl (C=O) groups is 1. The van der Waals surface area contributed by atoms with Crippen molar-refractivity contribution >= 4 is 18.3 Å². The molecule has 1 rings (SSSR count). The number of amides is 1. The summed E-state index contributed by atoms with van der Waals surface area (Å²) in [7, 11) is 0. The Labute approximate surface area is 127 Å². The Kier molecular flexibility index (Phi) is 7.79. The van der Waals surface area contributed by atoms with E-state index < -0.39 is 6.10 Å². The predicted octanol–water partition coefficient (Wildman–Crippen LogP) is 2.09. The zero-order chi connectivity index (χ0) is 14.5. The summed E-state index contributed by atoms with van der Waals surface area (Å²) in [6.07, 6.45) is 0.131. The van der Waals surface area contributed by atoms with E-state index in [-0.39, 0.29) is 30.3 Å². The summed E-state index contributed by atoms with van der Waals surface area (Å²) in [5, 5.41) is 12.6. The number of aliphatic hydroxyl groups is 1. The monoisotopic (exact) mass is 300 g/mol. The van der Waals surface area contributed by atoms with Gasteiger partial charge in [0.1, 0.15) is 0 Å². The Morgan fingerprint density at radius 2 is 1.85 bits per heavy atom. The zero-order valence-corrected chi connectivity index (χ0v) is 13.2. The molecular formula is C15H25ClN2O2. The minimum Gasteiger partial charge on any atom is -0.391 e. The molecule has 0 heterocycles. The third-order valence-corrected chi connectivity index (χ3v) is 2.80. The van der Waals surface area contributed by atoms with Crippen LogP contribution < -0.4 is 11.1 Å². The van der Waals surface area contributed by atoms with E-state index in [4.69, 9.17) is 5.73 Å². The molecule has 0 aliphatic carbocycles. The highest BCUT2D eigenvalue weighted by molar-refractivity contribution is 5.94. The van der Waals surface area contributed by atoms with Crippen LogP contribution in [0.25, 0.3) is 0 Å². The lowest BCUT2D eigenvalue weighted by atomic mass is 9.89. The van der Waals surface area contributed by atoms with Gasteiger partial charge in [-0.2, -0.15) is 0 Å². The Morgan fingerprint density at radius 1 is 1.30 bits per heavy atom. The number of aliphatic hydroxyl groups excluding tert-OH is 1. The van der Waals surface area contributed by atoms with Gasteiger partial charge in [-0.25, -0.2) is 0 Å². The molecule has 5 heteroatoms. The van der Waals surface area contributed by atoms with E-state index in [9.17, 15) is 9.90 Å². The van der Waals surface area contributed by atoms with Crippen LogP contribution in [0, 0.1) is 5.41 Å². The van der Waals surface area contributed by atoms with Crippen LogP contribution in [0.4, 0.5) is 0 Å². The zero-order valence-electron chi connectivity index (χ0n) is 12.3. The number of benzene rings is 1. The fourth-order valence-electron chi connectivity index (χ4n) is 1.88. The second-order valence-corrected chi connectivity index (χ2v) is 6.03. The standard InChI is InChI=1S/C15H24N2O2.ClH/c1-15(2,3)8-13(18)10-17-14(19)12-6-4-11(9-16)5-7-12;/h4-7,13,18H,8-10,16H2,1-3H3,(H,17,19);1H. The highest BCUT2D eigenvalue weighted by atomic mass is 35.5. The van der Waals surface area contributed by atoms with Crippen molar-refractivity contribution in [2.75, 3.05) is 6.54 Å². The number of rotatable bonds is 5. The van der Waals surface area contributed by atoms with Crippen molar-refractivity contribution in [3.8, 4) is 0 Å². The van der Waals surface area contributed by atoms with E-state index in [0.29, 0.717) is 18.5 Å². The molecule has 0 bridgehead atoms. The summed E-state index contributed by atoms with van der Waals surface area (Å²) in [4.78, 5) is 11.9. The highest BCUT2D eigenvalue weighted by Crippen LogP contribution is 2.20. The molecule has 1 aromatic carbocycles. The van der Waals surface area contributed by atoms with Crippen molar-refractivity contribution in [1.29, 1.82) is 0 Å². The lowest BCUT2D eigenvalue weighted by Crippen LogP contribution is -2.34. The topological polar surface area (TPSA) is 75.3 Å². The number of nitrogens with one attached hydrogen (secondary N) is 1. The molecular weight excluding hydrogens is 276 g/mol. The van der Waals surface area contributed by atoms with E-state index in [1.807, 2.05) is 12.1 Å². The van der Waals surface area contributed by atoms with Crippen LogP contribution >= 0.6 is 12.4 Å². The van der Waals surface area contributed by atoms with Crippen molar-refractivity contribution in [2.24, 2.45) is 11.1 Å². The number of hydrogen-bond acceptors (Lipinski definition) is 3. The maximum Gasteiger partial charge on any atom is 0.251 e. The first-order chi connectivity index (χ1) is 8.81. The predicted molar refractivity (Wildman–Crippen MR) is 84.0 cm³/mol. The third-order valence-electron chi connectivity index (χ3n) is 2.80.